The zero-order valence-electron chi connectivity index (χ0n) is 20.8. The lowest BCUT2D eigenvalue weighted by atomic mass is 9.88. The first-order chi connectivity index (χ1) is 17.8. The summed E-state index contributed by atoms with van der Waals surface area (Å²) >= 11 is 0. The van der Waals surface area contributed by atoms with Gasteiger partial charge < -0.3 is 14.4 Å². The van der Waals surface area contributed by atoms with Gasteiger partial charge in [-0.05, 0) is 74.9 Å². The molecule has 2 fully saturated rings. The van der Waals surface area contributed by atoms with Gasteiger partial charge in [0, 0.05) is 37.8 Å². The van der Waals surface area contributed by atoms with Gasteiger partial charge in [-0.1, -0.05) is 0 Å². The summed E-state index contributed by atoms with van der Waals surface area (Å²) in [6.07, 6.45) is 4.70. The second kappa shape index (κ2) is 9.67. The van der Waals surface area contributed by atoms with Crippen LogP contribution in [-0.2, 0) is 11.8 Å². The van der Waals surface area contributed by atoms with Crippen LogP contribution in [0.4, 0.5) is 15.8 Å². The van der Waals surface area contributed by atoms with Crippen LogP contribution in [0.2, 0.25) is 0 Å². The zero-order valence-corrected chi connectivity index (χ0v) is 20.8. The number of carbonyl (C=O) groups is 1. The minimum absolute atomic E-state index is 0.000867. The molecule has 9 heteroatoms. The standard InChI is InChI=1S/C28H27FN6O2/c1-33(26-23(16-31)28(37)34(2)24-14-7-19(15-30)32-25(24)26)20-10-12-22(13-11-20)35(27(36)17-3-4-17)21-8-5-18(29)6-9-21/h5-9,14,17,20,22H,3-4,10-13H2,1-2H3. The summed E-state index contributed by atoms with van der Waals surface area (Å²) in [4.78, 5) is 34.4. The zero-order chi connectivity index (χ0) is 26.3. The summed E-state index contributed by atoms with van der Waals surface area (Å²) in [5, 5.41) is 19.3. The second-order valence-electron chi connectivity index (χ2n) is 9.91. The first-order valence-corrected chi connectivity index (χ1v) is 12.5. The Hall–Kier alpha value is -4.24. The second-order valence-corrected chi connectivity index (χ2v) is 9.91. The number of hydrogen-bond acceptors (Lipinski definition) is 6. The monoisotopic (exact) mass is 498 g/mol. The predicted molar refractivity (Wildman–Crippen MR) is 137 cm³/mol. The number of benzene rings is 1. The summed E-state index contributed by atoms with van der Waals surface area (Å²) < 4.78 is 15.0. The van der Waals surface area contributed by atoms with Crippen LogP contribution in [0, 0.1) is 34.4 Å². The molecular formula is C28H27FN6O2. The van der Waals surface area contributed by atoms with Crippen molar-refractivity contribution in [3.05, 3.63) is 63.8 Å². The van der Waals surface area contributed by atoms with Gasteiger partial charge in [-0.3, -0.25) is 9.59 Å². The molecule has 0 bridgehead atoms. The Morgan fingerprint density at radius 3 is 2.24 bits per heavy atom. The van der Waals surface area contributed by atoms with E-state index in [9.17, 15) is 24.5 Å². The minimum atomic E-state index is -0.408. The van der Waals surface area contributed by atoms with Crippen LogP contribution in [0.3, 0.4) is 0 Å². The molecule has 2 heterocycles. The molecule has 0 radical (unpaired) electrons. The number of anilines is 2. The van der Waals surface area contributed by atoms with Gasteiger partial charge >= 0.3 is 0 Å². The Balaban J connectivity index is 1.45. The average Bonchev–Trinajstić information content (AvgIpc) is 3.77. The van der Waals surface area contributed by atoms with Gasteiger partial charge in [-0.15, -0.1) is 0 Å². The summed E-state index contributed by atoms with van der Waals surface area (Å²) in [5.74, 6) is -0.201. The molecule has 37 heavy (non-hydrogen) atoms. The Morgan fingerprint density at radius 2 is 1.65 bits per heavy atom. The molecule has 0 saturated heterocycles. The number of nitriles is 2. The van der Waals surface area contributed by atoms with Crippen LogP contribution in [0.5, 0.6) is 0 Å². The van der Waals surface area contributed by atoms with E-state index in [4.69, 9.17) is 0 Å². The van der Waals surface area contributed by atoms with Crippen molar-refractivity contribution in [2.75, 3.05) is 16.8 Å². The number of rotatable bonds is 5. The molecule has 0 unspecified atom stereocenters. The Kier molecular flexibility index (Phi) is 6.39. The van der Waals surface area contributed by atoms with Crippen LogP contribution in [0.1, 0.15) is 49.8 Å². The van der Waals surface area contributed by atoms with Crippen LogP contribution in [0.25, 0.3) is 11.0 Å². The lowest BCUT2D eigenvalue weighted by Gasteiger charge is -2.40. The molecule has 0 aliphatic heterocycles. The van der Waals surface area contributed by atoms with Crippen molar-refractivity contribution < 1.29 is 9.18 Å². The highest BCUT2D eigenvalue weighted by atomic mass is 19.1. The number of hydrogen-bond donors (Lipinski definition) is 0. The molecule has 188 valence electrons. The number of carbonyl (C=O) groups excluding carboxylic acids is 1. The molecule has 0 spiro atoms. The summed E-state index contributed by atoms with van der Waals surface area (Å²) in [6, 6.07) is 13.4. The van der Waals surface area contributed by atoms with Crippen molar-refractivity contribution >= 4 is 28.3 Å². The third kappa shape index (κ3) is 4.42. The third-order valence-corrected chi connectivity index (χ3v) is 7.64. The molecule has 1 aromatic carbocycles. The van der Waals surface area contributed by atoms with Gasteiger partial charge in [0.25, 0.3) is 5.56 Å². The van der Waals surface area contributed by atoms with E-state index in [0.29, 0.717) is 22.4 Å². The Bertz CT molecular complexity index is 1510. The number of aromatic nitrogens is 2. The highest BCUT2D eigenvalue weighted by molar-refractivity contribution is 5.97. The maximum atomic E-state index is 13.6. The molecule has 2 aromatic heterocycles. The van der Waals surface area contributed by atoms with E-state index in [1.165, 1.54) is 16.7 Å². The number of amides is 1. The molecule has 5 rings (SSSR count). The SMILES string of the molecule is CN(c1c(C#N)c(=O)n(C)c2ccc(C#N)nc12)C1CCC(N(C(=O)C2CC2)c2ccc(F)cc2)CC1. The van der Waals surface area contributed by atoms with Gasteiger partial charge in [-0.2, -0.15) is 10.5 Å². The maximum Gasteiger partial charge on any atom is 0.270 e. The fraction of sp³-hybridized carbons (Fsp3) is 0.393. The quantitative estimate of drug-likeness (QED) is 0.526. The van der Waals surface area contributed by atoms with Gasteiger partial charge in [-0.25, -0.2) is 9.37 Å². The van der Waals surface area contributed by atoms with Crippen LogP contribution in [0.15, 0.2) is 41.2 Å². The van der Waals surface area contributed by atoms with Crippen LogP contribution < -0.4 is 15.4 Å². The summed E-state index contributed by atoms with van der Waals surface area (Å²) in [5.41, 5.74) is 1.95. The highest BCUT2D eigenvalue weighted by Crippen LogP contribution is 2.38. The van der Waals surface area contributed by atoms with E-state index in [2.05, 4.69) is 11.1 Å². The molecule has 8 nitrogen and oxygen atoms in total. The summed E-state index contributed by atoms with van der Waals surface area (Å²) in [6.45, 7) is 0. The minimum Gasteiger partial charge on any atom is -0.369 e. The fourth-order valence-corrected chi connectivity index (χ4v) is 5.43. The third-order valence-electron chi connectivity index (χ3n) is 7.64. The number of aryl methyl sites for hydroxylation is 1. The van der Waals surface area contributed by atoms with E-state index < -0.39 is 5.56 Å². The summed E-state index contributed by atoms with van der Waals surface area (Å²) in [7, 11) is 3.45. The van der Waals surface area contributed by atoms with Crippen molar-refractivity contribution in [1.82, 2.24) is 9.55 Å². The molecular weight excluding hydrogens is 471 g/mol. The smallest absolute Gasteiger partial charge is 0.270 e. The van der Waals surface area contributed by atoms with E-state index >= 15 is 0 Å². The Labute approximate surface area is 214 Å². The van der Waals surface area contributed by atoms with Gasteiger partial charge in [0.1, 0.15) is 34.7 Å². The molecule has 2 aliphatic rings. The lowest BCUT2D eigenvalue weighted by Crippen LogP contribution is -2.47. The number of halogens is 1. The van der Waals surface area contributed by atoms with Crippen molar-refractivity contribution in [2.45, 2.75) is 50.6 Å². The fourth-order valence-electron chi connectivity index (χ4n) is 5.43. The van der Waals surface area contributed by atoms with Crippen molar-refractivity contribution in [3.8, 4) is 12.1 Å². The van der Waals surface area contributed by atoms with Crippen LogP contribution in [-0.4, -0.2) is 34.6 Å². The molecule has 2 aliphatic carbocycles. The normalized spacial score (nSPS) is 19.2. The first kappa shape index (κ1) is 24.5. The predicted octanol–water partition coefficient (Wildman–Crippen LogP) is 4.01. The molecule has 1 amide bonds. The molecule has 0 atom stereocenters. The number of nitrogens with zero attached hydrogens (tertiary/aromatic N) is 6. The van der Waals surface area contributed by atoms with Crippen molar-refractivity contribution in [2.24, 2.45) is 13.0 Å². The number of pyridine rings is 2. The van der Waals surface area contributed by atoms with E-state index in [-0.39, 0.29) is 41.0 Å². The first-order valence-electron chi connectivity index (χ1n) is 12.5. The number of fused-ring (bicyclic) bond motifs is 1. The van der Waals surface area contributed by atoms with Crippen LogP contribution >= 0.6 is 0 Å². The lowest BCUT2D eigenvalue weighted by molar-refractivity contribution is -0.120. The average molecular weight is 499 g/mol. The van der Waals surface area contributed by atoms with Gasteiger partial charge in [0.2, 0.25) is 5.91 Å². The van der Waals surface area contributed by atoms with E-state index in [1.54, 1.807) is 31.3 Å². The Morgan fingerprint density at radius 1 is 1.00 bits per heavy atom. The van der Waals surface area contributed by atoms with Crippen molar-refractivity contribution in [1.29, 1.82) is 10.5 Å². The molecule has 3 aromatic rings. The van der Waals surface area contributed by atoms with Gasteiger partial charge in [0.15, 0.2) is 0 Å². The highest BCUT2D eigenvalue weighted by Gasteiger charge is 2.39. The van der Waals surface area contributed by atoms with Crippen molar-refractivity contribution in [3.63, 3.8) is 0 Å². The van der Waals surface area contributed by atoms with Gasteiger partial charge in [0.05, 0.1) is 11.2 Å². The maximum absolute atomic E-state index is 13.6. The largest absolute Gasteiger partial charge is 0.369 e. The van der Waals surface area contributed by atoms with E-state index in [1.807, 2.05) is 22.9 Å². The topological polar surface area (TPSA) is 106 Å². The molecule has 2 saturated carbocycles. The molecule has 0 N–H and O–H groups in total. The van der Waals surface area contributed by atoms with E-state index in [0.717, 1.165) is 38.5 Å².